The molecule has 2 aromatic rings. The van der Waals surface area contributed by atoms with E-state index in [1.54, 1.807) is 25.1 Å². The average Bonchev–Trinajstić information content (AvgIpc) is 3.06. The molecule has 0 saturated heterocycles. The molecule has 1 aliphatic heterocycles. The van der Waals surface area contributed by atoms with Crippen LogP contribution in [0.1, 0.15) is 18.1 Å². The van der Waals surface area contributed by atoms with Crippen LogP contribution < -0.4 is 19.6 Å². The minimum absolute atomic E-state index is 0.139. The predicted molar refractivity (Wildman–Crippen MR) is 94.6 cm³/mol. The normalized spacial score (nSPS) is 12.8. The van der Waals surface area contributed by atoms with Gasteiger partial charge < -0.3 is 14.2 Å². The van der Waals surface area contributed by atoms with Crippen LogP contribution in [0.25, 0.3) is 0 Å². The largest absolute Gasteiger partial charge is 0.483 e. The number of halogens is 1. The van der Waals surface area contributed by atoms with Gasteiger partial charge in [0.15, 0.2) is 18.1 Å². The van der Waals surface area contributed by atoms with Crippen LogP contribution in [-0.4, -0.2) is 25.0 Å². The van der Waals surface area contributed by atoms with Gasteiger partial charge in [0.05, 0.1) is 5.71 Å². The molecule has 0 spiro atoms. The summed E-state index contributed by atoms with van der Waals surface area (Å²) in [5.74, 6) is 1.62. The lowest BCUT2D eigenvalue weighted by Crippen LogP contribution is -2.25. The predicted octanol–water partition coefficient (Wildman–Crippen LogP) is 3.30. The maximum absolute atomic E-state index is 11.9. The van der Waals surface area contributed by atoms with E-state index in [1.807, 2.05) is 25.1 Å². The molecule has 25 heavy (non-hydrogen) atoms. The third-order valence-corrected chi connectivity index (χ3v) is 3.87. The number of carbonyl (C=O) groups is 1. The van der Waals surface area contributed by atoms with Crippen molar-refractivity contribution in [1.82, 2.24) is 5.43 Å². The number of hydrogen-bond acceptors (Lipinski definition) is 5. The second-order valence-corrected chi connectivity index (χ2v) is 5.94. The Labute approximate surface area is 150 Å². The number of amides is 1. The molecule has 0 saturated carbocycles. The molecule has 6 nitrogen and oxygen atoms in total. The number of nitrogens with zero attached hydrogens (tertiary/aromatic N) is 1. The average molecular weight is 361 g/mol. The SMILES string of the molecule is C/C(=N/NC(=O)COc1ccc(Cl)cc1C)c1ccc2c(c1)OCO2. The van der Waals surface area contributed by atoms with Gasteiger partial charge in [-0.15, -0.1) is 0 Å². The molecule has 7 heteroatoms. The molecule has 2 aromatic carbocycles. The number of nitrogens with one attached hydrogen (secondary N) is 1. The van der Waals surface area contributed by atoms with E-state index in [2.05, 4.69) is 10.5 Å². The summed E-state index contributed by atoms with van der Waals surface area (Å²) < 4.78 is 16.1. The van der Waals surface area contributed by atoms with Gasteiger partial charge >= 0.3 is 0 Å². The Kier molecular flexibility index (Phi) is 5.09. The molecule has 1 heterocycles. The summed E-state index contributed by atoms with van der Waals surface area (Å²) in [6, 6.07) is 10.7. The molecule has 130 valence electrons. The highest BCUT2D eigenvalue weighted by atomic mass is 35.5. The van der Waals surface area contributed by atoms with Crippen LogP contribution >= 0.6 is 11.6 Å². The second-order valence-electron chi connectivity index (χ2n) is 5.50. The number of fused-ring (bicyclic) bond motifs is 1. The van der Waals surface area contributed by atoms with Gasteiger partial charge in [0, 0.05) is 10.6 Å². The summed E-state index contributed by atoms with van der Waals surface area (Å²) in [4.78, 5) is 11.9. The van der Waals surface area contributed by atoms with E-state index in [-0.39, 0.29) is 19.3 Å². The molecule has 0 bridgehead atoms. The lowest BCUT2D eigenvalue weighted by molar-refractivity contribution is -0.123. The van der Waals surface area contributed by atoms with E-state index < -0.39 is 0 Å². The molecular formula is C18H17ClN2O4. The first-order chi connectivity index (χ1) is 12.0. The van der Waals surface area contributed by atoms with Crippen LogP contribution in [-0.2, 0) is 4.79 Å². The van der Waals surface area contributed by atoms with E-state index in [0.717, 1.165) is 11.1 Å². The first-order valence-electron chi connectivity index (χ1n) is 7.65. The molecule has 0 aliphatic carbocycles. The number of rotatable bonds is 5. The van der Waals surface area contributed by atoms with Crippen LogP contribution in [0.3, 0.4) is 0 Å². The monoisotopic (exact) mass is 360 g/mol. The highest BCUT2D eigenvalue weighted by Crippen LogP contribution is 2.32. The minimum atomic E-state index is -0.352. The van der Waals surface area contributed by atoms with Gasteiger partial charge in [0.1, 0.15) is 5.75 Å². The van der Waals surface area contributed by atoms with Gasteiger partial charge in [-0.2, -0.15) is 5.10 Å². The van der Waals surface area contributed by atoms with Crippen molar-refractivity contribution in [2.45, 2.75) is 13.8 Å². The molecule has 0 aromatic heterocycles. The molecular weight excluding hydrogens is 344 g/mol. The number of hydrazone groups is 1. The Balaban J connectivity index is 1.56. The zero-order valence-electron chi connectivity index (χ0n) is 13.8. The van der Waals surface area contributed by atoms with Crippen molar-refractivity contribution in [3.63, 3.8) is 0 Å². The Bertz CT molecular complexity index is 836. The van der Waals surface area contributed by atoms with Gasteiger partial charge in [0.25, 0.3) is 5.91 Å². The maximum Gasteiger partial charge on any atom is 0.277 e. The number of hydrogen-bond donors (Lipinski definition) is 1. The van der Waals surface area contributed by atoms with Crippen LogP contribution in [0, 0.1) is 6.92 Å². The van der Waals surface area contributed by atoms with Crippen LogP contribution in [0.4, 0.5) is 0 Å². The van der Waals surface area contributed by atoms with Crippen LogP contribution in [0.2, 0.25) is 5.02 Å². The Hall–Kier alpha value is -2.73. The standard InChI is InChI=1S/C18H17ClN2O4/c1-11-7-14(19)4-6-15(11)23-9-18(22)21-20-12(2)13-3-5-16-17(8-13)25-10-24-16/h3-8H,9-10H2,1-2H3,(H,21,22)/b20-12-. The van der Waals surface area contributed by atoms with Gasteiger partial charge in [-0.05, 0) is 55.8 Å². The number of benzene rings is 2. The number of carbonyl (C=O) groups excluding carboxylic acids is 1. The first-order valence-corrected chi connectivity index (χ1v) is 8.03. The van der Waals surface area contributed by atoms with Crippen LogP contribution in [0.5, 0.6) is 17.2 Å². The molecule has 1 aliphatic rings. The zero-order chi connectivity index (χ0) is 17.8. The van der Waals surface area contributed by atoms with Gasteiger partial charge in [-0.3, -0.25) is 4.79 Å². The number of aryl methyl sites for hydroxylation is 1. The first kappa shape index (κ1) is 17.1. The van der Waals surface area contributed by atoms with Crippen molar-refractivity contribution in [3.05, 3.63) is 52.5 Å². The molecule has 0 fully saturated rings. The van der Waals surface area contributed by atoms with Gasteiger partial charge in [-0.25, -0.2) is 5.43 Å². The molecule has 0 atom stereocenters. The lowest BCUT2D eigenvalue weighted by Gasteiger charge is -2.08. The van der Waals surface area contributed by atoms with Crippen molar-refractivity contribution in [1.29, 1.82) is 0 Å². The topological polar surface area (TPSA) is 69.2 Å². The molecule has 1 N–H and O–H groups in total. The van der Waals surface area contributed by atoms with Crippen molar-refractivity contribution < 1.29 is 19.0 Å². The Morgan fingerprint density at radius 2 is 2.04 bits per heavy atom. The quantitative estimate of drug-likeness (QED) is 0.656. The summed E-state index contributed by atoms with van der Waals surface area (Å²) in [5, 5.41) is 4.71. The highest BCUT2D eigenvalue weighted by molar-refractivity contribution is 6.30. The Morgan fingerprint density at radius 1 is 1.24 bits per heavy atom. The van der Waals surface area contributed by atoms with Crippen molar-refractivity contribution in [2.24, 2.45) is 5.10 Å². The van der Waals surface area contributed by atoms with Crippen molar-refractivity contribution in [3.8, 4) is 17.2 Å². The van der Waals surface area contributed by atoms with Gasteiger partial charge in [0.2, 0.25) is 6.79 Å². The second kappa shape index (κ2) is 7.44. The fraction of sp³-hybridized carbons (Fsp3) is 0.222. The summed E-state index contributed by atoms with van der Waals surface area (Å²) in [6.45, 7) is 3.73. The van der Waals surface area contributed by atoms with E-state index in [9.17, 15) is 4.79 Å². The maximum atomic E-state index is 11.9. The molecule has 3 rings (SSSR count). The lowest BCUT2D eigenvalue weighted by atomic mass is 10.1. The fourth-order valence-electron chi connectivity index (χ4n) is 2.28. The van der Waals surface area contributed by atoms with Crippen molar-refractivity contribution in [2.75, 3.05) is 13.4 Å². The van der Waals surface area contributed by atoms with E-state index in [4.69, 9.17) is 25.8 Å². The fourth-order valence-corrected chi connectivity index (χ4v) is 2.51. The molecule has 0 radical (unpaired) electrons. The van der Waals surface area contributed by atoms with Crippen molar-refractivity contribution >= 4 is 23.2 Å². The zero-order valence-corrected chi connectivity index (χ0v) is 14.6. The van der Waals surface area contributed by atoms with Gasteiger partial charge in [-0.1, -0.05) is 11.6 Å². The Morgan fingerprint density at radius 3 is 2.84 bits per heavy atom. The summed E-state index contributed by atoms with van der Waals surface area (Å²) in [7, 11) is 0. The summed E-state index contributed by atoms with van der Waals surface area (Å²) in [5.41, 5.74) is 4.82. The smallest absolute Gasteiger partial charge is 0.277 e. The number of ether oxygens (including phenoxy) is 3. The molecule has 1 amide bonds. The molecule has 0 unspecified atom stereocenters. The van der Waals surface area contributed by atoms with E-state index in [1.165, 1.54) is 0 Å². The van der Waals surface area contributed by atoms with E-state index >= 15 is 0 Å². The summed E-state index contributed by atoms with van der Waals surface area (Å²) in [6.07, 6.45) is 0. The van der Waals surface area contributed by atoms with Crippen LogP contribution in [0.15, 0.2) is 41.5 Å². The van der Waals surface area contributed by atoms with E-state index in [0.29, 0.717) is 28.0 Å². The third kappa shape index (κ3) is 4.22. The third-order valence-electron chi connectivity index (χ3n) is 3.63. The summed E-state index contributed by atoms with van der Waals surface area (Å²) >= 11 is 5.89. The highest BCUT2D eigenvalue weighted by Gasteiger charge is 2.14. The minimum Gasteiger partial charge on any atom is -0.483 e.